The predicted molar refractivity (Wildman–Crippen MR) is 167 cm³/mol. The van der Waals surface area contributed by atoms with Gasteiger partial charge in [-0.3, -0.25) is 13.9 Å². The molecule has 12 heteroatoms. The summed E-state index contributed by atoms with van der Waals surface area (Å²) < 4.78 is 26.7. The molecule has 2 atom stereocenters. The third kappa shape index (κ3) is 9.00. The first-order chi connectivity index (χ1) is 19.3. The van der Waals surface area contributed by atoms with Gasteiger partial charge in [0.1, 0.15) is 12.6 Å². The summed E-state index contributed by atoms with van der Waals surface area (Å²) in [7, 11) is -4.01. The lowest BCUT2D eigenvalue weighted by Crippen LogP contribution is -2.54. The van der Waals surface area contributed by atoms with Crippen molar-refractivity contribution >= 4 is 73.9 Å². The van der Waals surface area contributed by atoms with Gasteiger partial charge in [-0.1, -0.05) is 89.7 Å². The molecule has 0 aliphatic rings. The summed E-state index contributed by atoms with van der Waals surface area (Å²) in [5, 5.41) is 3.89. The average Bonchev–Trinajstić information content (AvgIpc) is 2.91. The van der Waals surface area contributed by atoms with Crippen LogP contribution in [0.1, 0.15) is 31.4 Å². The van der Waals surface area contributed by atoms with Crippen molar-refractivity contribution in [2.45, 2.75) is 45.3 Å². The standard InChI is InChI=1S/C29H31Cl4N3O4S/c1-4-19(2)34-29(38)27(15-20-9-6-5-7-10-20)35(17-22-23(31)11-8-12-24(22)32)28(37)18-36(41(3,39)40)26-16-21(30)13-14-25(26)33/h5-14,16,19,27H,4,15,17-18H2,1-3H3,(H,34,38). The molecule has 1 N–H and O–H groups in total. The maximum absolute atomic E-state index is 14.2. The van der Waals surface area contributed by atoms with Crippen molar-refractivity contribution in [2.75, 3.05) is 17.1 Å². The van der Waals surface area contributed by atoms with Crippen molar-refractivity contribution in [3.63, 3.8) is 0 Å². The highest BCUT2D eigenvalue weighted by Crippen LogP contribution is 2.32. The molecule has 0 spiro atoms. The monoisotopic (exact) mass is 657 g/mol. The van der Waals surface area contributed by atoms with E-state index >= 15 is 0 Å². The summed E-state index contributed by atoms with van der Waals surface area (Å²) >= 11 is 25.4. The molecule has 0 aliphatic heterocycles. The number of benzene rings is 3. The van der Waals surface area contributed by atoms with Gasteiger partial charge >= 0.3 is 0 Å². The van der Waals surface area contributed by atoms with Crippen LogP contribution in [0.5, 0.6) is 0 Å². The molecule has 220 valence electrons. The summed E-state index contributed by atoms with van der Waals surface area (Å²) in [5.74, 6) is -1.06. The Morgan fingerprint density at radius 3 is 2.12 bits per heavy atom. The van der Waals surface area contributed by atoms with Crippen molar-refractivity contribution < 1.29 is 18.0 Å². The number of halogens is 4. The van der Waals surface area contributed by atoms with Crippen LogP contribution in [0.15, 0.2) is 66.7 Å². The summed E-state index contributed by atoms with van der Waals surface area (Å²) in [5.41, 5.74) is 1.26. The SMILES string of the molecule is CCC(C)NC(=O)C(Cc1ccccc1)N(Cc1c(Cl)cccc1Cl)C(=O)CN(c1cc(Cl)ccc1Cl)S(C)(=O)=O. The third-order valence-electron chi connectivity index (χ3n) is 6.52. The van der Waals surface area contributed by atoms with Crippen LogP contribution in [0.25, 0.3) is 0 Å². The van der Waals surface area contributed by atoms with Crippen molar-refractivity contribution in [2.24, 2.45) is 0 Å². The fourth-order valence-electron chi connectivity index (χ4n) is 4.12. The number of sulfonamides is 1. The minimum absolute atomic E-state index is 0.0365. The van der Waals surface area contributed by atoms with Crippen molar-refractivity contribution in [1.29, 1.82) is 0 Å². The molecule has 0 heterocycles. The normalized spacial score (nSPS) is 12.9. The lowest BCUT2D eigenvalue weighted by Gasteiger charge is -2.34. The summed E-state index contributed by atoms with van der Waals surface area (Å²) in [6, 6.07) is 17.3. The fourth-order valence-corrected chi connectivity index (χ4v) is 5.93. The molecule has 7 nitrogen and oxygen atoms in total. The molecule has 0 radical (unpaired) electrons. The first kappa shape index (κ1) is 33.0. The second-order valence-electron chi connectivity index (χ2n) is 9.61. The number of carbonyl (C=O) groups is 2. The van der Waals surface area contributed by atoms with Crippen molar-refractivity contribution in [1.82, 2.24) is 10.2 Å². The van der Waals surface area contributed by atoms with Gasteiger partial charge in [0, 0.05) is 39.6 Å². The molecule has 0 aliphatic carbocycles. The minimum atomic E-state index is -4.01. The molecule has 2 amide bonds. The number of rotatable bonds is 12. The van der Waals surface area contributed by atoms with Crippen LogP contribution < -0.4 is 9.62 Å². The molecule has 41 heavy (non-hydrogen) atoms. The molecular weight excluding hydrogens is 628 g/mol. The van der Waals surface area contributed by atoms with Crippen LogP contribution in [0.2, 0.25) is 20.1 Å². The molecule has 3 aromatic rings. The second kappa shape index (κ2) is 14.6. The Hall–Kier alpha value is -2.49. The highest BCUT2D eigenvalue weighted by Gasteiger charge is 2.34. The van der Waals surface area contributed by atoms with Gasteiger partial charge in [0.25, 0.3) is 0 Å². The second-order valence-corrected chi connectivity index (χ2v) is 13.2. The molecule has 3 aromatic carbocycles. The van der Waals surface area contributed by atoms with Crippen molar-refractivity contribution in [3.8, 4) is 0 Å². The fraction of sp³-hybridized carbons (Fsp3) is 0.310. The van der Waals surface area contributed by atoms with E-state index in [4.69, 9.17) is 46.4 Å². The lowest BCUT2D eigenvalue weighted by molar-refractivity contribution is -0.140. The zero-order valence-corrected chi connectivity index (χ0v) is 26.6. The number of nitrogens with zero attached hydrogens (tertiary/aromatic N) is 2. The van der Waals surface area contributed by atoms with E-state index in [1.54, 1.807) is 18.2 Å². The van der Waals surface area contributed by atoms with Gasteiger partial charge in [0.15, 0.2) is 0 Å². The van der Waals surface area contributed by atoms with Gasteiger partial charge in [-0.05, 0) is 49.2 Å². The molecule has 0 bridgehead atoms. The Morgan fingerprint density at radius 2 is 1.54 bits per heavy atom. The number of amides is 2. The molecule has 3 rings (SSSR count). The van der Waals surface area contributed by atoms with Gasteiger partial charge in [0.05, 0.1) is 17.0 Å². The Labute approximate surface area is 261 Å². The van der Waals surface area contributed by atoms with E-state index in [9.17, 15) is 18.0 Å². The maximum Gasteiger partial charge on any atom is 0.244 e. The topological polar surface area (TPSA) is 86.8 Å². The zero-order chi connectivity index (χ0) is 30.3. The Balaban J connectivity index is 2.13. The molecule has 0 saturated heterocycles. The highest BCUT2D eigenvalue weighted by molar-refractivity contribution is 7.92. The highest BCUT2D eigenvalue weighted by atomic mass is 35.5. The summed E-state index contributed by atoms with van der Waals surface area (Å²) in [6.45, 7) is 3.00. The molecule has 0 fully saturated rings. The van der Waals surface area contributed by atoms with E-state index in [-0.39, 0.29) is 34.7 Å². The molecule has 0 aromatic heterocycles. The number of hydrogen-bond acceptors (Lipinski definition) is 4. The quantitative estimate of drug-likeness (QED) is 0.237. The van der Waals surface area contributed by atoms with Gasteiger partial charge in [-0.15, -0.1) is 0 Å². The van der Waals surface area contributed by atoms with Crippen LogP contribution >= 0.6 is 46.4 Å². The molecule has 2 unspecified atom stereocenters. The Bertz CT molecular complexity index is 1470. The molecular formula is C29H31Cl4N3O4S. The first-order valence-corrected chi connectivity index (χ1v) is 16.2. The van der Waals surface area contributed by atoms with E-state index in [1.165, 1.54) is 23.1 Å². The van der Waals surface area contributed by atoms with E-state index in [0.717, 1.165) is 16.1 Å². The van der Waals surface area contributed by atoms with E-state index in [2.05, 4.69) is 5.32 Å². The smallest absolute Gasteiger partial charge is 0.244 e. The number of carbonyl (C=O) groups excluding carboxylic acids is 2. The molecule has 0 saturated carbocycles. The van der Waals surface area contributed by atoms with Crippen LogP contribution in [-0.4, -0.2) is 50.0 Å². The summed E-state index contributed by atoms with van der Waals surface area (Å²) in [6.07, 6.45) is 1.79. The average molecular weight is 659 g/mol. The number of hydrogen-bond donors (Lipinski definition) is 1. The van der Waals surface area contributed by atoms with Gasteiger partial charge < -0.3 is 10.2 Å². The van der Waals surface area contributed by atoms with Crippen LogP contribution in [0.4, 0.5) is 5.69 Å². The van der Waals surface area contributed by atoms with Crippen molar-refractivity contribution in [3.05, 3.63) is 97.9 Å². The van der Waals surface area contributed by atoms with E-state index in [1.807, 2.05) is 44.2 Å². The largest absolute Gasteiger partial charge is 0.352 e. The Morgan fingerprint density at radius 1 is 0.902 bits per heavy atom. The zero-order valence-electron chi connectivity index (χ0n) is 22.8. The van der Waals surface area contributed by atoms with E-state index < -0.39 is 34.4 Å². The number of nitrogens with one attached hydrogen (secondary N) is 1. The lowest BCUT2D eigenvalue weighted by atomic mass is 10.0. The van der Waals surface area contributed by atoms with Gasteiger partial charge in [-0.25, -0.2) is 8.42 Å². The first-order valence-electron chi connectivity index (χ1n) is 12.8. The number of anilines is 1. The van der Waals surface area contributed by atoms with Crippen LogP contribution in [0, 0.1) is 0 Å². The van der Waals surface area contributed by atoms with Gasteiger partial charge in [0.2, 0.25) is 21.8 Å². The van der Waals surface area contributed by atoms with E-state index in [0.29, 0.717) is 22.0 Å². The van der Waals surface area contributed by atoms with Gasteiger partial charge in [-0.2, -0.15) is 0 Å². The maximum atomic E-state index is 14.2. The Kier molecular flexibility index (Phi) is 11.8. The van der Waals surface area contributed by atoms with Crippen LogP contribution in [0.3, 0.4) is 0 Å². The summed E-state index contributed by atoms with van der Waals surface area (Å²) in [4.78, 5) is 29.2. The minimum Gasteiger partial charge on any atom is -0.352 e. The van der Waals surface area contributed by atoms with Crippen LogP contribution in [-0.2, 0) is 32.6 Å². The predicted octanol–water partition coefficient (Wildman–Crippen LogP) is 6.62. The third-order valence-corrected chi connectivity index (χ3v) is 8.91.